The van der Waals surface area contributed by atoms with Gasteiger partial charge in [-0.2, -0.15) is 0 Å². The summed E-state index contributed by atoms with van der Waals surface area (Å²) in [4.78, 5) is 2.35. The van der Waals surface area contributed by atoms with E-state index < -0.39 is 0 Å². The number of nitrogens with zero attached hydrogens (tertiary/aromatic N) is 2. The SMILES string of the molecule is c1ccc(-c2ccccc2-n2c3ccccc3c3ccccc32)c(-c2ccc(N(c3ccc(-c4cccc5ccccc45)cc3)c3ccc(-c4cccc5c4oc4ccccc45)cc3)cc2)c1. The summed E-state index contributed by atoms with van der Waals surface area (Å²) >= 11 is 0. The van der Waals surface area contributed by atoms with Gasteiger partial charge in [0.05, 0.1) is 16.7 Å². The average molecular weight is 855 g/mol. The van der Waals surface area contributed by atoms with Gasteiger partial charge in [0.25, 0.3) is 0 Å². The smallest absolute Gasteiger partial charge is 0.143 e. The lowest BCUT2D eigenvalue weighted by Gasteiger charge is -2.26. The molecule has 67 heavy (non-hydrogen) atoms. The molecule has 0 unspecified atom stereocenters. The Balaban J connectivity index is 0.907. The molecule has 314 valence electrons. The summed E-state index contributed by atoms with van der Waals surface area (Å²) in [5, 5.41) is 7.25. The molecule has 0 N–H and O–H groups in total. The van der Waals surface area contributed by atoms with Crippen LogP contribution in [0.25, 0.3) is 105 Å². The van der Waals surface area contributed by atoms with E-state index in [4.69, 9.17) is 4.42 Å². The summed E-state index contributed by atoms with van der Waals surface area (Å²) < 4.78 is 8.88. The second-order valence-corrected chi connectivity index (χ2v) is 17.2. The van der Waals surface area contributed by atoms with Crippen LogP contribution in [0.5, 0.6) is 0 Å². The van der Waals surface area contributed by atoms with E-state index in [0.717, 1.165) is 61.4 Å². The van der Waals surface area contributed by atoms with Crippen molar-refractivity contribution in [3.8, 4) is 50.2 Å². The highest BCUT2D eigenvalue weighted by Crippen LogP contribution is 2.43. The van der Waals surface area contributed by atoms with Crippen LogP contribution in [0.1, 0.15) is 0 Å². The quantitative estimate of drug-likeness (QED) is 0.152. The molecule has 0 saturated heterocycles. The molecular formula is C64H42N2O. The maximum absolute atomic E-state index is 6.46. The zero-order chi connectivity index (χ0) is 44.3. The molecule has 0 aliphatic rings. The molecule has 13 rings (SSSR count). The Labute approximate surface area is 388 Å². The van der Waals surface area contributed by atoms with Crippen molar-refractivity contribution in [2.24, 2.45) is 0 Å². The number of hydrogen-bond acceptors (Lipinski definition) is 2. The molecule has 0 radical (unpaired) electrons. The van der Waals surface area contributed by atoms with E-state index >= 15 is 0 Å². The number of anilines is 3. The van der Waals surface area contributed by atoms with Gasteiger partial charge in [-0.15, -0.1) is 0 Å². The molecule has 11 aromatic carbocycles. The molecule has 13 aromatic rings. The van der Waals surface area contributed by atoms with E-state index in [0.29, 0.717) is 0 Å². The number of furan rings is 1. The van der Waals surface area contributed by atoms with E-state index in [1.807, 2.05) is 12.1 Å². The Kier molecular flexibility index (Phi) is 9.17. The minimum atomic E-state index is 0.901. The van der Waals surface area contributed by atoms with Gasteiger partial charge in [0, 0.05) is 49.7 Å². The number of aromatic nitrogens is 1. The Morgan fingerprint density at radius 3 is 1.39 bits per heavy atom. The van der Waals surface area contributed by atoms with E-state index in [9.17, 15) is 0 Å². The van der Waals surface area contributed by atoms with Crippen molar-refractivity contribution in [3.63, 3.8) is 0 Å². The van der Waals surface area contributed by atoms with E-state index in [2.05, 4.69) is 252 Å². The highest BCUT2D eigenvalue weighted by molar-refractivity contribution is 6.11. The number of rotatable bonds is 8. The Morgan fingerprint density at radius 2 is 0.716 bits per heavy atom. The average Bonchev–Trinajstić information content (AvgIpc) is 3.95. The van der Waals surface area contributed by atoms with E-state index in [-0.39, 0.29) is 0 Å². The van der Waals surface area contributed by atoms with Crippen LogP contribution >= 0.6 is 0 Å². The van der Waals surface area contributed by atoms with Gasteiger partial charge in [0.15, 0.2) is 0 Å². The minimum Gasteiger partial charge on any atom is -0.455 e. The van der Waals surface area contributed by atoms with Gasteiger partial charge in [-0.05, 0) is 105 Å². The van der Waals surface area contributed by atoms with Gasteiger partial charge >= 0.3 is 0 Å². The molecule has 2 aromatic heterocycles. The van der Waals surface area contributed by atoms with Gasteiger partial charge < -0.3 is 13.9 Å². The maximum Gasteiger partial charge on any atom is 0.143 e. The van der Waals surface area contributed by atoms with Gasteiger partial charge in [-0.3, -0.25) is 0 Å². The number of hydrogen-bond donors (Lipinski definition) is 0. The Bertz CT molecular complexity index is 3910. The number of benzene rings is 11. The molecule has 0 saturated carbocycles. The number of para-hydroxylation sites is 5. The van der Waals surface area contributed by atoms with Gasteiger partial charge in [-0.1, -0.05) is 194 Å². The summed E-state index contributed by atoms with van der Waals surface area (Å²) in [6.07, 6.45) is 0. The lowest BCUT2D eigenvalue weighted by atomic mass is 9.93. The van der Waals surface area contributed by atoms with Crippen LogP contribution in [0, 0.1) is 0 Å². The first kappa shape index (κ1) is 38.5. The van der Waals surface area contributed by atoms with Crippen molar-refractivity contribution < 1.29 is 4.42 Å². The van der Waals surface area contributed by atoms with Crippen molar-refractivity contribution in [1.29, 1.82) is 0 Å². The van der Waals surface area contributed by atoms with E-state index in [1.54, 1.807) is 0 Å². The molecule has 3 nitrogen and oxygen atoms in total. The van der Waals surface area contributed by atoms with Crippen molar-refractivity contribution >= 4 is 71.6 Å². The highest BCUT2D eigenvalue weighted by atomic mass is 16.3. The Morgan fingerprint density at radius 1 is 0.284 bits per heavy atom. The predicted octanol–water partition coefficient (Wildman–Crippen LogP) is 18.0. The number of fused-ring (bicyclic) bond motifs is 7. The third kappa shape index (κ3) is 6.51. The van der Waals surface area contributed by atoms with E-state index in [1.165, 1.54) is 60.4 Å². The maximum atomic E-state index is 6.46. The van der Waals surface area contributed by atoms with Crippen LogP contribution < -0.4 is 4.90 Å². The zero-order valence-corrected chi connectivity index (χ0v) is 36.6. The van der Waals surface area contributed by atoms with Crippen molar-refractivity contribution in [3.05, 3.63) is 255 Å². The molecule has 2 heterocycles. The lowest BCUT2D eigenvalue weighted by molar-refractivity contribution is 0.670. The molecule has 0 aliphatic carbocycles. The lowest BCUT2D eigenvalue weighted by Crippen LogP contribution is -2.09. The largest absolute Gasteiger partial charge is 0.455 e. The molecule has 0 atom stereocenters. The standard InChI is InChI=1S/C64H42N2O/c1-2-17-50-43(15-1)16-13-24-51(50)44-31-37-47(38-32-44)65(49-41-35-46(36-42-49)53-25-14-26-59-58-23-8-12-30-63(58)67-64(53)59)48-39-33-45(34-40-48)52-18-3-4-19-54(52)55-20-5-9-27-60(55)66-61-28-10-6-21-56(61)57-22-7-11-29-62(57)66/h1-42H. The Hall–Kier alpha value is -8.92. The molecule has 0 aliphatic heterocycles. The summed E-state index contributed by atoms with van der Waals surface area (Å²) in [6.45, 7) is 0. The predicted molar refractivity (Wildman–Crippen MR) is 282 cm³/mol. The molecule has 0 spiro atoms. The van der Waals surface area contributed by atoms with Crippen LogP contribution in [-0.2, 0) is 0 Å². The molecule has 0 bridgehead atoms. The van der Waals surface area contributed by atoms with Crippen LogP contribution in [0.3, 0.4) is 0 Å². The first-order valence-electron chi connectivity index (χ1n) is 22.9. The normalized spacial score (nSPS) is 11.6. The van der Waals surface area contributed by atoms with Gasteiger partial charge in [-0.25, -0.2) is 0 Å². The minimum absolute atomic E-state index is 0.901. The topological polar surface area (TPSA) is 21.3 Å². The monoisotopic (exact) mass is 854 g/mol. The van der Waals surface area contributed by atoms with Crippen molar-refractivity contribution in [2.45, 2.75) is 0 Å². The zero-order valence-electron chi connectivity index (χ0n) is 36.6. The molecular weight excluding hydrogens is 813 g/mol. The molecule has 3 heteroatoms. The molecule has 0 amide bonds. The summed E-state index contributed by atoms with van der Waals surface area (Å²) in [7, 11) is 0. The highest BCUT2D eigenvalue weighted by Gasteiger charge is 2.19. The van der Waals surface area contributed by atoms with Crippen molar-refractivity contribution in [2.75, 3.05) is 4.90 Å². The third-order valence-corrected chi connectivity index (χ3v) is 13.4. The van der Waals surface area contributed by atoms with Crippen LogP contribution in [-0.4, -0.2) is 4.57 Å². The fourth-order valence-electron chi connectivity index (χ4n) is 10.3. The fraction of sp³-hybridized carbons (Fsp3) is 0. The molecule has 0 fully saturated rings. The second-order valence-electron chi connectivity index (χ2n) is 17.2. The summed E-state index contributed by atoms with van der Waals surface area (Å²) in [6, 6.07) is 91.8. The van der Waals surface area contributed by atoms with Crippen molar-refractivity contribution in [1.82, 2.24) is 4.57 Å². The third-order valence-electron chi connectivity index (χ3n) is 13.4. The second kappa shape index (κ2) is 16.0. The van der Waals surface area contributed by atoms with Gasteiger partial charge in [0.1, 0.15) is 11.2 Å². The van der Waals surface area contributed by atoms with Crippen LogP contribution in [0.2, 0.25) is 0 Å². The summed E-state index contributed by atoms with van der Waals surface area (Å²) in [5.41, 5.74) is 17.8. The van der Waals surface area contributed by atoms with Crippen LogP contribution in [0.15, 0.2) is 259 Å². The summed E-state index contributed by atoms with van der Waals surface area (Å²) in [5.74, 6) is 0. The van der Waals surface area contributed by atoms with Gasteiger partial charge in [0.2, 0.25) is 0 Å². The first-order valence-corrected chi connectivity index (χ1v) is 22.9. The fourth-order valence-corrected chi connectivity index (χ4v) is 10.3. The first-order chi connectivity index (χ1) is 33.2. The van der Waals surface area contributed by atoms with Crippen LogP contribution in [0.4, 0.5) is 17.1 Å².